The van der Waals surface area contributed by atoms with Crippen molar-refractivity contribution in [2.24, 2.45) is 0 Å². The molecule has 0 bridgehead atoms. The number of ether oxygens (including phenoxy) is 1. The number of hydrogen-bond donors (Lipinski definition) is 1. The Hall–Kier alpha value is -3.08. The van der Waals surface area contributed by atoms with Gasteiger partial charge in [-0.05, 0) is 31.0 Å². The van der Waals surface area contributed by atoms with Crippen LogP contribution < -0.4 is 4.74 Å². The largest absolute Gasteiger partial charge is 0.507 e. The van der Waals surface area contributed by atoms with Gasteiger partial charge in [0.25, 0.3) is 11.7 Å². The number of Topliss-reactive ketones (excluding diaryl/α,β-unsaturated/α-hetero) is 1. The molecule has 1 heterocycles. The minimum absolute atomic E-state index is 0.127. The van der Waals surface area contributed by atoms with Crippen molar-refractivity contribution in [3.8, 4) is 5.75 Å². The van der Waals surface area contributed by atoms with Gasteiger partial charge >= 0.3 is 0 Å². The van der Waals surface area contributed by atoms with Crippen LogP contribution in [0.15, 0.2) is 54.1 Å². The molecule has 0 saturated carbocycles. The SMILES string of the molecule is CCCN1C(=O)C(=O)/C(=C(\O)c2ccc(C)cc2)C1c1ccc(OC)cc1. The first-order valence-electron chi connectivity index (χ1n) is 8.97. The molecule has 1 fully saturated rings. The Morgan fingerprint density at radius 1 is 1.07 bits per heavy atom. The molecule has 1 amide bonds. The molecule has 140 valence electrons. The van der Waals surface area contributed by atoms with Gasteiger partial charge in [0, 0.05) is 12.1 Å². The lowest BCUT2D eigenvalue weighted by Gasteiger charge is -2.25. The number of nitrogens with zero attached hydrogens (tertiary/aromatic N) is 1. The number of rotatable bonds is 5. The molecule has 1 saturated heterocycles. The highest BCUT2D eigenvalue weighted by Gasteiger charge is 2.45. The van der Waals surface area contributed by atoms with Crippen LogP contribution in [0.3, 0.4) is 0 Å². The first-order chi connectivity index (χ1) is 13.0. The second kappa shape index (κ2) is 7.66. The van der Waals surface area contributed by atoms with E-state index in [-0.39, 0.29) is 11.3 Å². The van der Waals surface area contributed by atoms with E-state index in [1.54, 1.807) is 31.4 Å². The third kappa shape index (κ3) is 3.45. The minimum atomic E-state index is -0.651. The van der Waals surface area contributed by atoms with Gasteiger partial charge < -0.3 is 14.7 Å². The number of aliphatic hydroxyl groups excluding tert-OH is 1. The summed E-state index contributed by atoms with van der Waals surface area (Å²) in [6.07, 6.45) is 0.713. The van der Waals surface area contributed by atoms with Gasteiger partial charge in [-0.25, -0.2) is 0 Å². The second-order valence-corrected chi connectivity index (χ2v) is 6.63. The van der Waals surface area contributed by atoms with E-state index in [0.29, 0.717) is 24.3 Å². The molecule has 1 aliphatic rings. The van der Waals surface area contributed by atoms with E-state index in [1.165, 1.54) is 4.90 Å². The fourth-order valence-electron chi connectivity index (χ4n) is 3.35. The van der Waals surface area contributed by atoms with Crippen molar-refractivity contribution in [2.75, 3.05) is 13.7 Å². The maximum atomic E-state index is 12.7. The number of carbonyl (C=O) groups excluding carboxylic acids is 2. The molecule has 1 atom stereocenters. The Labute approximate surface area is 158 Å². The minimum Gasteiger partial charge on any atom is -0.507 e. The van der Waals surface area contributed by atoms with Crippen molar-refractivity contribution in [3.63, 3.8) is 0 Å². The van der Waals surface area contributed by atoms with Gasteiger partial charge in [-0.2, -0.15) is 0 Å². The molecule has 3 rings (SSSR count). The zero-order valence-electron chi connectivity index (χ0n) is 15.7. The lowest BCUT2D eigenvalue weighted by Crippen LogP contribution is -2.30. The lowest BCUT2D eigenvalue weighted by molar-refractivity contribution is -0.139. The summed E-state index contributed by atoms with van der Waals surface area (Å²) in [5.41, 5.74) is 2.46. The van der Waals surface area contributed by atoms with E-state index >= 15 is 0 Å². The fourth-order valence-corrected chi connectivity index (χ4v) is 3.35. The third-order valence-corrected chi connectivity index (χ3v) is 4.76. The Morgan fingerprint density at radius 2 is 1.70 bits per heavy atom. The van der Waals surface area contributed by atoms with Crippen LogP contribution in [0.2, 0.25) is 0 Å². The average molecular weight is 365 g/mol. The van der Waals surface area contributed by atoms with Crippen molar-refractivity contribution in [3.05, 3.63) is 70.8 Å². The Balaban J connectivity index is 2.15. The lowest BCUT2D eigenvalue weighted by atomic mass is 9.95. The predicted octanol–water partition coefficient (Wildman–Crippen LogP) is 3.84. The predicted molar refractivity (Wildman–Crippen MR) is 103 cm³/mol. The van der Waals surface area contributed by atoms with Gasteiger partial charge in [-0.1, -0.05) is 48.9 Å². The van der Waals surface area contributed by atoms with Gasteiger partial charge in [0.1, 0.15) is 11.5 Å². The molecule has 0 radical (unpaired) electrons. The number of carbonyl (C=O) groups is 2. The Morgan fingerprint density at radius 3 is 2.26 bits per heavy atom. The van der Waals surface area contributed by atoms with Gasteiger partial charge in [0.15, 0.2) is 0 Å². The molecular weight excluding hydrogens is 342 g/mol. The number of amides is 1. The molecule has 1 N–H and O–H groups in total. The first-order valence-corrected chi connectivity index (χ1v) is 8.97. The second-order valence-electron chi connectivity index (χ2n) is 6.63. The maximum Gasteiger partial charge on any atom is 0.295 e. The molecule has 27 heavy (non-hydrogen) atoms. The fraction of sp³-hybridized carbons (Fsp3) is 0.273. The van der Waals surface area contributed by atoms with E-state index < -0.39 is 17.7 Å². The number of methoxy groups -OCH3 is 1. The first kappa shape index (κ1) is 18.7. The van der Waals surface area contributed by atoms with E-state index in [1.807, 2.05) is 38.1 Å². The normalized spacial score (nSPS) is 18.8. The van der Waals surface area contributed by atoms with Crippen LogP contribution in [0.5, 0.6) is 5.75 Å². The van der Waals surface area contributed by atoms with E-state index in [9.17, 15) is 14.7 Å². The molecule has 1 unspecified atom stereocenters. The highest BCUT2D eigenvalue weighted by atomic mass is 16.5. The summed E-state index contributed by atoms with van der Waals surface area (Å²) in [7, 11) is 1.58. The van der Waals surface area contributed by atoms with Crippen LogP contribution in [-0.4, -0.2) is 35.4 Å². The molecule has 2 aromatic rings. The maximum absolute atomic E-state index is 12.7. The molecule has 1 aliphatic heterocycles. The summed E-state index contributed by atoms with van der Waals surface area (Å²) in [6, 6.07) is 13.8. The number of benzene rings is 2. The zero-order chi connectivity index (χ0) is 19.6. The zero-order valence-corrected chi connectivity index (χ0v) is 15.7. The summed E-state index contributed by atoms with van der Waals surface area (Å²) < 4.78 is 5.19. The summed E-state index contributed by atoms with van der Waals surface area (Å²) in [6.45, 7) is 4.33. The van der Waals surface area contributed by atoms with Crippen LogP contribution in [0.1, 0.15) is 36.1 Å². The molecule has 0 spiro atoms. The van der Waals surface area contributed by atoms with Crippen molar-refractivity contribution >= 4 is 17.4 Å². The standard InChI is InChI=1S/C22H23NO4/c1-4-13-23-19(15-9-11-17(27-3)12-10-15)18(21(25)22(23)26)20(24)16-7-5-14(2)6-8-16/h5-12,19,24H,4,13H2,1-3H3/b20-18-. The molecule has 0 aliphatic carbocycles. The topological polar surface area (TPSA) is 66.8 Å². The van der Waals surface area contributed by atoms with E-state index in [0.717, 1.165) is 11.1 Å². The van der Waals surface area contributed by atoms with Crippen molar-refractivity contribution in [1.82, 2.24) is 4.90 Å². The monoisotopic (exact) mass is 365 g/mol. The number of ketones is 1. The van der Waals surface area contributed by atoms with Gasteiger partial charge in [-0.15, -0.1) is 0 Å². The van der Waals surface area contributed by atoms with Crippen LogP contribution in [-0.2, 0) is 9.59 Å². The molecule has 5 heteroatoms. The van der Waals surface area contributed by atoms with Crippen molar-refractivity contribution in [1.29, 1.82) is 0 Å². The highest BCUT2D eigenvalue weighted by molar-refractivity contribution is 6.46. The summed E-state index contributed by atoms with van der Waals surface area (Å²) in [5, 5.41) is 10.9. The van der Waals surface area contributed by atoms with Crippen LogP contribution in [0.4, 0.5) is 0 Å². The number of hydrogen-bond acceptors (Lipinski definition) is 4. The molecular formula is C22H23NO4. The number of aliphatic hydroxyl groups is 1. The van der Waals surface area contributed by atoms with Crippen molar-refractivity contribution in [2.45, 2.75) is 26.3 Å². The molecule has 5 nitrogen and oxygen atoms in total. The van der Waals surface area contributed by atoms with Crippen LogP contribution in [0.25, 0.3) is 5.76 Å². The summed E-state index contributed by atoms with van der Waals surface area (Å²) in [5.74, 6) is -0.689. The van der Waals surface area contributed by atoms with E-state index in [4.69, 9.17) is 4.74 Å². The smallest absolute Gasteiger partial charge is 0.295 e. The van der Waals surface area contributed by atoms with Crippen LogP contribution >= 0.6 is 0 Å². The molecule has 2 aromatic carbocycles. The molecule has 0 aromatic heterocycles. The van der Waals surface area contributed by atoms with Gasteiger partial charge in [0.2, 0.25) is 0 Å². The third-order valence-electron chi connectivity index (χ3n) is 4.76. The summed E-state index contributed by atoms with van der Waals surface area (Å²) >= 11 is 0. The average Bonchev–Trinajstić information content (AvgIpc) is 2.93. The number of likely N-dealkylation sites (tertiary alicyclic amines) is 1. The Bertz CT molecular complexity index is 882. The Kier molecular flexibility index (Phi) is 5.31. The van der Waals surface area contributed by atoms with Crippen LogP contribution in [0, 0.1) is 6.92 Å². The van der Waals surface area contributed by atoms with Gasteiger partial charge in [-0.3, -0.25) is 9.59 Å². The van der Waals surface area contributed by atoms with Crippen molar-refractivity contribution < 1.29 is 19.4 Å². The summed E-state index contributed by atoms with van der Waals surface area (Å²) in [4.78, 5) is 26.9. The number of aryl methyl sites for hydroxylation is 1. The van der Waals surface area contributed by atoms with Gasteiger partial charge in [0.05, 0.1) is 18.7 Å². The quantitative estimate of drug-likeness (QED) is 0.497. The van der Waals surface area contributed by atoms with E-state index in [2.05, 4.69) is 0 Å². The highest BCUT2D eigenvalue weighted by Crippen LogP contribution is 2.39.